The number of thiophene rings is 1. The smallest absolute Gasteiger partial charge is 0.323 e. The Bertz CT molecular complexity index is 577. The molecule has 0 saturated heterocycles. The molecular weight excluding hydrogens is 278 g/mol. The van der Waals surface area contributed by atoms with Crippen LogP contribution < -0.4 is 0 Å². The lowest BCUT2D eigenvalue weighted by Gasteiger charge is -2.32. The number of hydrogen-bond acceptors (Lipinski definition) is 6. The van der Waals surface area contributed by atoms with E-state index in [1.165, 1.54) is 0 Å². The van der Waals surface area contributed by atoms with Crippen molar-refractivity contribution >= 4 is 17.3 Å². The van der Waals surface area contributed by atoms with E-state index in [0.29, 0.717) is 24.8 Å². The molecule has 0 aromatic carbocycles. The highest BCUT2D eigenvalue weighted by Crippen LogP contribution is 2.21. The standard InChI is InChI=1S/C13H17N3O3S/c1-4-16(13(2,3)12(17)18)7-10-14-11(15-19-10)9-5-6-20-8-9/h5-6,8H,4,7H2,1-3H3,(H,17,18). The van der Waals surface area contributed by atoms with Crippen molar-refractivity contribution in [1.82, 2.24) is 15.0 Å². The summed E-state index contributed by atoms with van der Waals surface area (Å²) in [4.78, 5) is 17.4. The normalized spacial score (nSPS) is 12.0. The Balaban J connectivity index is 2.15. The maximum Gasteiger partial charge on any atom is 0.323 e. The third-order valence-electron chi connectivity index (χ3n) is 3.27. The summed E-state index contributed by atoms with van der Waals surface area (Å²) < 4.78 is 5.20. The molecule has 0 spiro atoms. The van der Waals surface area contributed by atoms with Gasteiger partial charge in [-0.25, -0.2) is 0 Å². The van der Waals surface area contributed by atoms with Gasteiger partial charge in [0.05, 0.1) is 6.54 Å². The number of aromatic nitrogens is 2. The van der Waals surface area contributed by atoms with Crippen molar-refractivity contribution in [3.05, 3.63) is 22.7 Å². The minimum Gasteiger partial charge on any atom is -0.480 e. The van der Waals surface area contributed by atoms with Crippen LogP contribution in [0.15, 0.2) is 21.3 Å². The fourth-order valence-electron chi connectivity index (χ4n) is 1.83. The molecule has 1 N–H and O–H groups in total. The van der Waals surface area contributed by atoms with Crippen LogP contribution in [0.1, 0.15) is 26.7 Å². The van der Waals surface area contributed by atoms with E-state index in [-0.39, 0.29) is 0 Å². The first kappa shape index (κ1) is 14.7. The maximum absolute atomic E-state index is 11.3. The van der Waals surface area contributed by atoms with Crippen molar-refractivity contribution in [2.24, 2.45) is 0 Å². The molecule has 0 fully saturated rings. The van der Waals surface area contributed by atoms with Gasteiger partial charge in [-0.15, -0.1) is 0 Å². The van der Waals surface area contributed by atoms with Gasteiger partial charge in [-0.2, -0.15) is 16.3 Å². The molecule has 0 saturated carbocycles. The third kappa shape index (κ3) is 2.88. The summed E-state index contributed by atoms with van der Waals surface area (Å²) in [6.07, 6.45) is 0. The predicted molar refractivity (Wildman–Crippen MR) is 75.4 cm³/mol. The molecule has 0 amide bonds. The molecule has 0 aliphatic carbocycles. The van der Waals surface area contributed by atoms with E-state index in [9.17, 15) is 9.90 Å². The second-order valence-electron chi connectivity index (χ2n) is 4.90. The SMILES string of the molecule is CCN(Cc1nc(-c2ccsc2)no1)C(C)(C)C(=O)O. The molecule has 108 valence electrons. The summed E-state index contributed by atoms with van der Waals surface area (Å²) in [5, 5.41) is 17.1. The quantitative estimate of drug-likeness (QED) is 0.882. The molecular formula is C13H17N3O3S. The predicted octanol–water partition coefficient (Wildman–Crippen LogP) is 2.48. The fraction of sp³-hybridized carbons (Fsp3) is 0.462. The highest BCUT2D eigenvalue weighted by molar-refractivity contribution is 7.08. The van der Waals surface area contributed by atoms with Gasteiger partial charge < -0.3 is 9.63 Å². The number of carboxylic acid groups (broad SMARTS) is 1. The average Bonchev–Trinajstić information content (AvgIpc) is 3.06. The molecule has 7 heteroatoms. The molecule has 6 nitrogen and oxygen atoms in total. The van der Waals surface area contributed by atoms with Gasteiger partial charge in [0.15, 0.2) is 0 Å². The Morgan fingerprint density at radius 3 is 2.85 bits per heavy atom. The fourth-order valence-corrected chi connectivity index (χ4v) is 2.47. The monoisotopic (exact) mass is 295 g/mol. The Labute approximate surface area is 121 Å². The van der Waals surface area contributed by atoms with E-state index in [2.05, 4.69) is 10.1 Å². The largest absolute Gasteiger partial charge is 0.480 e. The summed E-state index contributed by atoms with van der Waals surface area (Å²) in [6.45, 7) is 6.12. The molecule has 2 heterocycles. The number of rotatable bonds is 6. The van der Waals surface area contributed by atoms with Crippen LogP contribution in [-0.2, 0) is 11.3 Å². The van der Waals surface area contributed by atoms with Crippen LogP contribution in [0.5, 0.6) is 0 Å². The summed E-state index contributed by atoms with van der Waals surface area (Å²) >= 11 is 1.56. The van der Waals surface area contributed by atoms with Crippen molar-refractivity contribution in [3.63, 3.8) is 0 Å². The van der Waals surface area contributed by atoms with Gasteiger partial charge >= 0.3 is 5.97 Å². The van der Waals surface area contributed by atoms with Gasteiger partial charge in [0, 0.05) is 10.9 Å². The molecule has 0 radical (unpaired) electrons. The van der Waals surface area contributed by atoms with Crippen molar-refractivity contribution in [1.29, 1.82) is 0 Å². The lowest BCUT2D eigenvalue weighted by Crippen LogP contribution is -2.49. The van der Waals surface area contributed by atoms with Crippen LogP contribution in [0, 0.1) is 0 Å². The van der Waals surface area contributed by atoms with E-state index in [0.717, 1.165) is 5.56 Å². The number of nitrogens with zero attached hydrogens (tertiary/aromatic N) is 3. The number of hydrogen-bond donors (Lipinski definition) is 1. The van der Waals surface area contributed by atoms with Gasteiger partial charge in [-0.1, -0.05) is 12.1 Å². The maximum atomic E-state index is 11.3. The third-order valence-corrected chi connectivity index (χ3v) is 3.95. The molecule has 0 aliphatic heterocycles. The van der Waals surface area contributed by atoms with Crippen molar-refractivity contribution < 1.29 is 14.4 Å². The second-order valence-corrected chi connectivity index (χ2v) is 5.68. The second kappa shape index (κ2) is 5.72. The molecule has 2 aromatic rings. The van der Waals surface area contributed by atoms with Gasteiger partial charge in [0.1, 0.15) is 5.54 Å². The first-order chi connectivity index (χ1) is 9.45. The summed E-state index contributed by atoms with van der Waals surface area (Å²) in [5.41, 5.74) is -0.0725. The van der Waals surface area contributed by atoms with Crippen LogP contribution in [0.2, 0.25) is 0 Å². The molecule has 2 aromatic heterocycles. The van der Waals surface area contributed by atoms with Crippen LogP contribution in [-0.4, -0.2) is 38.2 Å². The van der Waals surface area contributed by atoms with Gasteiger partial charge in [-0.3, -0.25) is 9.69 Å². The zero-order chi connectivity index (χ0) is 14.8. The van der Waals surface area contributed by atoms with Crippen LogP contribution in [0.4, 0.5) is 0 Å². The van der Waals surface area contributed by atoms with Crippen molar-refractivity contribution in [2.45, 2.75) is 32.9 Å². The van der Waals surface area contributed by atoms with E-state index in [1.807, 2.05) is 23.8 Å². The number of carbonyl (C=O) groups is 1. The van der Waals surface area contributed by atoms with Crippen LogP contribution >= 0.6 is 11.3 Å². The number of aliphatic carboxylic acids is 1. The highest BCUT2D eigenvalue weighted by atomic mass is 32.1. The van der Waals surface area contributed by atoms with E-state index in [1.54, 1.807) is 30.1 Å². The van der Waals surface area contributed by atoms with Gasteiger partial charge in [0.25, 0.3) is 0 Å². The lowest BCUT2D eigenvalue weighted by atomic mass is 10.0. The lowest BCUT2D eigenvalue weighted by molar-refractivity contribution is -0.149. The Morgan fingerprint density at radius 2 is 2.30 bits per heavy atom. The molecule has 0 unspecified atom stereocenters. The van der Waals surface area contributed by atoms with Crippen LogP contribution in [0.25, 0.3) is 11.4 Å². The summed E-state index contributed by atoms with van der Waals surface area (Å²) in [7, 11) is 0. The van der Waals surface area contributed by atoms with Gasteiger partial charge in [-0.05, 0) is 31.8 Å². The molecule has 0 atom stereocenters. The zero-order valence-electron chi connectivity index (χ0n) is 11.7. The topological polar surface area (TPSA) is 79.5 Å². The number of carboxylic acids is 1. The molecule has 2 rings (SSSR count). The zero-order valence-corrected chi connectivity index (χ0v) is 12.5. The highest BCUT2D eigenvalue weighted by Gasteiger charge is 2.34. The average molecular weight is 295 g/mol. The summed E-state index contributed by atoms with van der Waals surface area (Å²) in [6, 6.07) is 1.91. The van der Waals surface area contributed by atoms with E-state index < -0.39 is 11.5 Å². The van der Waals surface area contributed by atoms with E-state index in [4.69, 9.17) is 4.52 Å². The Morgan fingerprint density at radius 1 is 1.55 bits per heavy atom. The summed E-state index contributed by atoms with van der Waals surface area (Å²) in [5.74, 6) is 0.0738. The Kier molecular flexibility index (Phi) is 4.20. The molecule has 20 heavy (non-hydrogen) atoms. The van der Waals surface area contributed by atoms with Crippen LogP contribution in [0.3, 0.4) is 0 Å². The van der Waals surface area contributed by atoms with Crippen molar-refractivity contribution in [2.75, 3.05) is 6.54 Å². The first-order valence-electron chi connectivity index (χ1n) is 6.28. The minimum atomic E-state index is -0.980. The van der Waals surface area contributed by atoms with Crippen molar-refractivity contribution in [3.8, 4) is 11.4 Å². The van der Waals surface area contributed by atoms with E-state index >= 15 is 0 Å². The molecule has 0 bridgehead atoms. The minimum absolute atomic E-state index is 0.312. The Hall–Kier alpha value is -1.73. The first-order valence-corrected chi connectivity index (χ1v) is 7.23. The molecule has 0 aliphatic rings. The number of likely N-dealkylation sites (N-methyl/N-ethyl adjacent to an activating group) is 1. The van der Waals surface area contributed by atoms with Gasteiger partial charge in [0.2, 0.25) is 11.7 Å².